The Hall–Kier alpha value is -0.850. The Morgan fingerprint density at radius 1 is 1.40 bits per heavy atom. The second kappa shape index (κ2) is 6.28. The van der Waals surface area contributed by atoms with E-state index in [-0.39, 0.29) is 6.61 Å². The standard InChI is InChI=1S/C14H24N2O3S/c1-3-6-15-10-14(8-13(15)11-17)20(18,19)16-7-5-12(4-2)9-16/h8,10,12,17H,3-7,9,11H2,1-2H3. The van der Waals surface area contributed by atoms with Gasteiger partial charge in [0, 0.05) is 31.5 Å². The largest absolute Gasteiger partial charge is 0.390 e. The quantitative estimate of drug-likeness (QED) is 0.871. The highest BCUT2D eigenvalue weighted by molar-refractivity contribution is 7.89. The van der Waals surface area contributed by atoms with Crippen LogP contribution in [-0.2, 0) is 23.2 Å². The third-order valence-electron chi connectivity index (χ3n) is 4.05. The van der Waals surface area contributed by atoms with Gasteiger partial charge in [0.1, 0.15) is 4.90 Å². The second-order valence-electron chi connectivity index (χ2n) is 5.44. The van der Waals surface area contributed by atoms with Crippen LogP contribution in [0.3, 0.4) is 0 Å². The maximum Gasteiger partial charge on any atom is 0.244 e. The summed E-state index contributed by atoms with van der Waals surface area (Å²) in [6, 6.07) is 1.60. The van der Waals surface area contributed by atoms with E-state index in [9.17, 15) is 13.5 Å². The Morgan fingerprint density at radius 3 is 2.70 bits per heavy atom. The fraction of sp³-hybridized carbons (Fsp3) is 0.714. The molecule has 1 atom stereocenters. The van der Waals surface area contributed by atoms with Crippen LogP contribution < -0.4 is 0 Å². The summed E-state index contributed by atoms with van der Waals surface area (Å²) in [5, 5.41) is 9.34. The van der Waals surface area contributed by atoms with Gasteiger partial charge in [0.15, 0.2) is 0 Å². The van der Waals surface area contributed by atoms with Gasteiger partial charge < -0.3 is 9.67 Å². The molecule has 0 bridgehead atoms. The van der Waals surface area contributed by atoms with Crippen LogP contribution in [0.2, 0.25) is 0 Å². The molecule has 1 N–H and O–H groups in total. The summed E-state index contributed by atoms with van der Waals surface area (Å²) in [5.74, 6) is 0.472. The maximum absolute atomic E-state index is 12.6. The third-order valence-corrected chi connectivity index (χ3v) is 5.88. The highest BCUT2D eigenvalue weighted by Gasteiger charge is 2.32. The lowest BCUT2D eigenvalue weighted by Gasteiger charge is -2.15. The van der Waals surface area contributed by atoms with Gasteiger partial charge in [-0.25, -0.2) is 8.42 Å². The predicted octanol–water partition coefficient (Wildman–Crippen LogP) is 1.81. The van der Waals surface area contributed by atoms with Gasteiger partial charge in [-0.3, -0.25) is 0 Å². The minimum atomic E-state index is -3.41. The molecule has 1 aromatic heterocycles. The van der Waals surface area contributed by atoms with E-state index in [1.54, 1.807) is 16.6 Å². The van der Waals surface area contributed by atoms with Gasteiger partial charge in [0.05, 0.1) is 6.61 Å². The van der Waals surface area contributed by atoms with E-state index in [0.29, 0.717) is 29.6 Å². The van der Waals surface area contributed by atoms with E-state index in [2.05, 4.69) is 6.92 Å². The predicted molar refractivity (Wildman–Crippen MR) is 77.8 cm³/mol. The van der Waals surface area contributed by atoms with E-state index < -0.39 is 10.0 Å². The van der Waals surface area contributed by atoms with Crippen LogP contribution in [0.15, 0.2) is 17.2 Å². The Kier molecular flexibility index (Phi) is 4.88. The van der Waals surface area contributed by atoms with Crippen molar-refractivity contribution in [2.45, 2.75) is 51.2 Å². The maximum atomic E-state index is 12.6. The summed E-state index contributed by atoms with van der Waals surface area (Å²) in [5.41, 5.74) is 0.664. The summed E-state index contributed by atoms with van der Waals surface area (Å²) in [4.78, 5) is 0.312. The van der Waals surface area contributed by atoms with E-state index in [1.807, 2.05) is 11.5 Å². The van der Waals surface area contributed by atoms with Crippen molar-refractivity contribution in [3.63, 3.8) is 0 Å². The summed E-state index contributed by atoms with van der Waals surface area (Å²) < 4.78 is 28.6. The molecule has 1 saturated heterocycles. The third kappa shape index (κ3) is 2.92. The first-order chi connectivity index (χ1) is 9.52. The first-order valence-corrected chi connectivity index (χ1v) is 8.77. The van der Waals surface area contributed by atoms with Crippen LogP contribution in [0.4, 0.5) is 0 Å². The van der Waals surface area contributed by atoms with Gasteiger partial charge in [0.2, 0.25) is 10.0 Å². The van der Waals surface area contributed by atoms with Crippen molar-refractivity contribution in [3.05, 3.63) is 18.0 Å². The molecule has 1 aliphatic heterocycles. The van der Waals surface area contributed by atoms with Crippen molar-refractivity contribution in [2.24, 2.45) is 5.92 Å². The second-order valence-corrected chi connectivity index (χ2v) is 7.38. The molecule has 0 radical (unpaired) electrons. The highest BCUT2D eigenvalue weighted by atomic mass is 32.2. The van der Waals surface area contributed by atoms with Crippen molar-refractivity contribution in [3.8, 4) is 0 Å². The lowest BCUT2D eigenvalue weighted by molar-refractivity contribution is 0.270. The molecule has 20 heavy (non-hydrogen) atoms. The number of rotatable bonds is 6. The molecule has 0 saturated carbocycles. The van der Waals surface area contributed by atoms with Crippen LogP contribution >= 0.6 is 0 Å². The molecule has 0 amide bonds. The van der Waals surface area contributed by atoms with Crippen molar-refractivity contribution >= 4 is 10.0 Å². The number of aliphatic hydroxyl groups is 1. The summed E-state index contributed by atoms with van der Waals surface area (Å²) >= 11 is 0. The van der Waals surface area contributed by atoms with Gasteiger partial charge in [-0.1, -0.05) is 20.3 Å². The zero-order valence-electron chi connectivity index (χ0n) is 12.2. The van der Waals surface area contributed by atoms with Gasteiger partial charge >= 0.3 is 0 Å². The Labute approximate surface area is 121 Å². The van der Waals surface area contributed by atoms with Gasteiger partial charge in [-0.05, 0) is 24.8 Å². The van der Waals surface area contributed by atoms with Crippen LogP contribution in [0.5, 0.6) is 0 Å². The number of aromatic nitrogens is 1. The van der Waals surface area contributed by atoms with Crippen LogP contribution in [0.1, 0.15) is 38.8 Å². The van der Waals surface area contributed by atoms with Crippen LogP contribution in [0, 0.1) is 5.92 Å². The van der Waals surface area contributed by atoms with Crippen molar-refractivity contribution in [1.29, 1.82) is 0 Å². The first kappa shape index (κ1) is 15.5. The molecule has 2 heterocycles. The smallest absolute Gasteiger partial charge is 0.244 e. The highest BCUT2D eigenvalue weighted by Crippen LogP contribution is 2.27. The van der Waals surface area contributed by atoms with Gasteiger partial charge in [0.25, 0.3) is 0 Å². The molecule has 0 aliphatic carbocycles. The molecule has 114 valence electrons. The molecule has 1 fully saturated rings. The van der Waals surface area contributed by atoms with E-state index in [1.165, 1.54) is 0 Å². The Balaban J connectivity index is 2.26. The number of hydrogen-bond donors (Lipinski definition) is 1. The number of sulfonamides is 1. The van der Waals surface area contributed by atoms with E-state index >= 15 is 0 Å². The molecule has 1 aromatic rings. The van der Waals surface area contributed by atoms with Crippen molar-refractivity contribution in [2.75, 3.05) is 13.1 Å². The van der Waals surface area contributed by atoms with Crippen molar-refractivity contribution in [1.82, 2.24) is 8.87 Å². The molecular weight excluding hydrogens is 276 g/mol. The summed E-state index contributed by atoms with van der Waals surface area (Å²) in [6.45, 7) is 5.95. The average molecular weight is 300 g/mol. The number of nitrogens with zero attached hydrogens (tertiary/aromatic N) is 2. The zero-order valence-corrected chi connectivity index (χ0v) is 13.1. The summed E-state index contributed by atoms with van der Waals surface area (Å²) in [6.07, 6.45) is 4.52. The topological polar surface area (TPSA) is 62.5 Å². The normalized spacial score (nSPS) is 20.6. The fourth-order valence-corrected chi connectivity index (χ4v) is 4.34. The van der Waals surface area contributed by atoms with Crippen LogP contribution in [-0.4, -0.2) is 35.5 Å². The SMILES string of the molecule is CCCn1cc(S(=O)(=O)N2CCC(CC)C2)cc1CO. The molecule has 6 heteroatoms. The van der Waals surface area contributed by atoms with E-state index in [4.69, 9.17) is 0 Å². The zero-order chi connectivity index (χ0) is 14.8. The molecule has 1 unspecified atom stereocenters. The molecule has 5 nitrogen and oxygen atoms in total. The van der Waals surface area contributed by atoms with Gasteiger partial charge in [-0.15, -0.1) is 0 Å². The minimum absolute atomic E-state index is 0.132. The number of aliphatic hydroxyl groups excluding tert-OH is 1. The minimum Gasteiger partial charge on any atom is -0.390 e. The molecule has 1 aliphatic rings. The van der Waals surface area contributed by atoms with Crippen LogP contribution in [0.25, 0.3) is 0 Å². The summed E-state index contributed by atoms with van der Waals surface area (Å²) in [7, 11) is -3.41. The van der Waals surface area contributed by atoms with Gasteiger partial charge in [-0.2, -0.15) is 4.31 Å². The average Bonchev–Trinajstić information content (AvgIpc) is 3.05. The molecule has 2 rings (SSSR count). The lowest BCUT2D eigenvalue weighted by atomic mass is 10.1. The fourth-order valence-electron chi connectivity index (χ4n) is 2.75. The van der Waals surface area contributed by atoms with Crippen molar-refractivity contribution < 1.29 is 13.5 Å². The molecule has 0 aromatic carbocycles. The molecular formula is C14H24N2O3S. The molecule has 0 spiro atoms. The number of hydrogen-bond acceptors (Lipinski definition) is 3. The Morgan fingerprint density at radius 2 is 2.15 bits per heavy atom. The monoisotopic (exact) mass is 300 g/mol. The lowest BCUT2D eigenvalue weighted by Crippen LogP contribution is -2.28. The first-order valence-electron chi connectivity index (χ1n) is 7.33. The van der Waals surface area contributed by atoms with E-state index in [0.717, 1.165) is 25.8 Å². The Bertz CT molecular complexity index is 551. The number of aryl methyl sites for hydroxylation is 1.